The molecule has 0 spiro atoms. The topological polar surface area (TPSA) is 74.6 Å². The summed E-state index contributed by atoms with van der Waals surface area (Å²) < 4.78 is 15.8. The summed E-state index contributed by atoms with van der Waals surface area (Å²) in [6, 6.07) is 9.23. The summed E-state index contributed by atoms with van der Waals surface area (Å²) in [6.07, 6.45) is 6.38. The van der Waals surface area contributed by atoms with Crippen molar-refractivity contribution in [1.29, 1.82) is 0 Å². The van der Waals surface area contributed by atoms with Crippen LogP contribution in [0.3, 0.4) is 0 Å². The smallest absolute Gasteiger partial charge is 0.271 e. The zero-order valence-corrected chi connectivity index (χ0v) is 18.2. The number of rotatable bonds is 5. The number of hydrogen-bond acceptors (Lipinski definition) is 6. The highest BCUT2D eigenvalue weighted by Crippen LogP contribution is 2.36. The predicted molar refractivity (Wildman–Crippen MR) is 119 cm³/mol. The Bertz CT molecular complexity index is 1110. The molecular weight excluding hydrogens is 415 g/mol. The van der Waals surface area contributed by atoms with Crippen LogP contribution < -0.4 is 15.5 Å². The van der Waals surface area contributed by atoms with Crippen LogP contribution in [-0.2, 0) is 0 Å². The van der Waals surface area contributed by atoms with Crippen LogP contribution in [0.25, 0.3) is 5.65 Å². The van der Waals surface area contributed by atoms with Gasteiger partial charge in [-0.15, -0.1) is 16.9 Å². The highest BCUT2D eigenvalue weighted by Gasteiger charge is 2.29. The number of anilines is 1. The van der Waals surface area contributed by atoms with Gasteiger partial charge in [0.1, 0.15) is 11.6 Å². The molecule has 4 heterocycles. The van der Waals surface area contributed by atoms with Crippen molar-refractivity contribution in [3.05, 3.63) is 53.6 Å². The summed E-state index contributed by atoms with van der Waals surface area (Å²) in [7, 11) is 0. The number of aromatic nitrogens is 3. The molecule has 0 bridgehead atoms. The third kappa shape index (κ3) is 3.99. The molecule has 1 aromatic carbocycles. The molecule has 9 heteroatoms. The summed E-state index contributed by atoms with van der Waals surface area (Å²) in [5, 5.41) is 11.1. The second-order valence-corrected chi connectivity index (χ2v) is 8.92. The molecule has 2 N–H and O–H groups in total. The van der Waals surface area contributed by atoms with Crippen molar-refractivity contribution >= 4 is 29.1 Å². The van der Waals surface area contributed by atoms with Gasteiger partial charge in [-0.05, 0) is 68.0 Å². The number of carbonyl (C=O) groups excluding carboxylic acids is 1. The molecule has 0 unspecified atom stereocenters. The number of halogens is 1. The van der Waals surface area contributed by atoms with E-state index < -0.39 is 0 Å². The van der Waals surface area contributed by atoms with E-state index >= 15 is 0 Å². The van der Waals surface area contributed by atoms with Gasteiger partial charge in [0.15, 0.2) is 11.3 Å². The minimum atomic E-state index is -0.216. The molecule has 2 atom stereocenters. The van der Waals surface area contributed by atoms with E-state index in [1.54, 1.807) is 22.8 Å². The molecule has 0 radical (unpaired) electrons. The molecule has 162 valence electrons. The molecule has 2 aliphatic rings. The molecule has 2 saturated heterocycles. The fourth-order valence-electron chi connectivity index (χ4n) is 4.49. The van der Waals surface area contributed by atoms with Gasteiger partial charge in [0.2, 0.25) is 0 Å². The van der Waals surface area contributed by atoms with Crippen LogP contribution in [0.4, 0.5) is 10.2 Å². The van der Waals surface area contributed by atoms with Crippen LogP contribution >= 0.6 is 11.8 Å². The van der Waals surface area contributed by atoms with Crippen LogP contribution in [0, 0.1) is 5.82 Å². The predicted octanol–water partition coefficient (Wildman–Crippen LogP) is 3.02. The molecule has 0 saturated carbocycles. The van der Waals surface area contributed by atoms with Gasteiger partial charge < -0.3 is 15.5 Å². The first-order chi connectivity index (χ1) is 15.1. The molecule has 7 nitrogen and oxygen atoms in total. The van der Waals surface area contributed by atoms with Crippen molar-refractivity contribution in [1.82, 2.24) is 25.2 Å². The first kappa shape index (κ1) is 20.3. The normalized spacial score (nSPS) is 21.2. The monoisotopic (exact) mass is 440 g/mol. The molecule has 2 aliphatic heterocycles. The van der Waals surface area contributed by atoms with Gasteiger partial charge in [-0.1, -0.05) is 0 Å². The van der Waals surface area contributed by atoms with Crippen molar-refractivity contribution in [3.63, 3.8) is 0 Å². The first-order valence-corrected chi connectivity index (χ1v) is 11.8. The molecule has 31 heavy (non-hydrogen) atoms. The van der Waals surface area contributed by atoms with E-state index in [1.807, 2.05) is 18.4 Å². The van der Waals surface area contributed by atoms with Gasteiger partial charge in [-0.3, -0.25) is 4.79 Å². The van der Waals surface area contributed by atoms with E-state index in [0.717, 1.165) is 55.2 Å². The fraction of sp³-hybridized carbons (Fsp3) is 0.409. The molecule has 0 aliphatic carbocycles. The standard InChI is InChI=1S/C22H25FN6OS/c1-31-17-10-14(9-15(23)11-17)18-3-2-8-28(18)21-5-4-20-25-13-19(29(20)27-21)22(30)26-16-6-7-24-12-16/h4-5,9-11,13,16,18,24H,2-3,6-8,12H2,1H3,(H,26,30)/t16-,18+/m0/s1. The van der Waals surface area contributed by atoms with Crippen molar-refractivity contribution in [3.8, 4) is 0 Å². The summed E-state index contributed by atoms with van der Waals surface area (Å²) in [5.74, 6) is 0.380. The lowest BCUT2D eigenvalue weighted by molar-refractivity contribution is 0.0933. The highest BCUT2D eigenvalue weighted by atomic mass is 32.2. The zero-order chi connectivity index (χ0) is 21.4. The summed E-state index contributed by atoms with van der Waals surface area (Å²) in [6.45, 7) is 2.52. The van der Waals surface area contributed by atoms with Gasteiger partial charge in [-0.25, -0.2) is 13.9 Å². The quantitative estimate of drug-likeness (QED) is 0.594. The van der Waals surface area contributed by atoms with E-state index in [9.17, 15) is 9.18 Å². The fourth-order valence-corrected chi connectivity index (χ4v) is 4.98. The van der Waals surface area contributed by atoms with Crippen LogP contribution in [0.2, 0.25) is 0 Å². The lowest BCUT2D eigenvalue weighted by Crippen LogP contribution is -2.37. The molecule has 3 aromatic rings. The van der Waals surface area contributed by atoms with Gasteiger partial charge in [0.05, 0.1) is 12.2 Å². The first-order valence-electron chi connectivity index (χ1n) is 10.6. The van der Waals surface area contributed by atoms with Gasteiger partial charge in [-0.2, -0.15) is 0 Å². The zero-order valence-electron chi connectivity index (χ0n) is 17.3. The summed E-state index contributed by atoms with van der Waals surface area (Å²) in [5.41, 5.74) is 2.01. The van der Waals surface area contributed by atoms with E-state index in [1.165, 1.54) is 11.8 Å². The van der Waals surface area contributed by atoms with Crippen LogP contribution in [0.15, 0.2) is 41.4 Å². The average Bonchev–Trinajstić information content (AvgIpc) is 3.52. The van der Waals surface area contributed by atoms with Gasteiger partial charge >= 0.3 is 0 Å². The van der Waals surface area contributed by atoms with E-state index in [4.69, 9.17) is 5.10 Å². The number of nitrogens with one attached hydrogen (secondary N) is 2. The Labute approximate surface area is 184 Å². The largest absolute Gasteiger partial charge is 0.348 e. The second-order valence-electron chi connectivity index (χ2n) is 8.04. The third-order valence-electron chi connectivity index (χ3n) is 6.04. The van der Waals surface area contributed by atoms with Crippen LogP contribution in [-0.4, -0.2) is 52.4 Å². The SMILES string of the molecule is CSc1cc(F)cc([C@H]2CCCN2c2ccc3ncc(C(=O)N[C@H]4CCNC4)n3n2)c1. The highest BCUT2D eigenvalue weighted by molar-refractivity contribution is 7.98. The number of imidazole rings is 1. The molecule has 1 amide bonds. The maximum atomic E-state index is 14.2. The minimum Gasteiger partial charge on any atom is -0.348 e. The Hall–Kier alpha value is -2.65. The Morgan fingerprint density at radius 2 is 2.19 bits per heavy atom. The van der Waals surface area contributed by atoms with E-state index in [0.29, 0.717) is 11.3 Å². The number of amides is 1. The maximum Gasteiger partial charge on any atom is 0.271 e. The van der Waals surface area contributed by atoms with Crippen LogP contribution in [0.5, 0.6) is 0 Å². The third-order valence-corrected chi connectivity index (χ3v) is 6.74. The van der Waals surface area contributed by atoms with E-state index in [-0.39, 0.29) is 23.8 Å². The lowest BCUT2D eigenvalue weighted by atomic mass is 10.0. The molecule has 2 aromatic heterocycles. The van der Waals surface area contributed by atoms with Crippen molar-refractivity contribution in [2.45, 2.75) is 36.2 Å². The molecule has 5 rings (SSSR count). The Kier molecular flexibility index (Phi) is 5.54. The van der Waals surface area contributed by atoms with Gasteiger partial charge in [0, 0.05) is 24.0 Å². The van der Waals surface area contributed by atoms with Gasteiger partial charge in [0.25, 0.3) is 5.91 Å². The Morgan fingerprint density at radius 1 is 1.29 bits per heavy atom. The summed E-state index contributed by atoms with van der Waals surface area (Å²) in [4.78, 5) is 20.3. The number of carbonyl (C=O) groups is 1. The minimum absolute atomic E-state index is 0.0527. The molecular formula is C22H25FN6OS. The maximum absolute atomic E-state index is 14.2. The Balaban J connectivity index is 1.45. The van der Waals surface area contributed by atoms with Crippen molar-refractivity contribution in [2.75, 3.05) is 30.8 Å². The number of benzene rings is 1. The van der Waals surface area contributed by atoms with E-state index in [2.05, 4.69) is 26.6 Å². The summed E-state index contributed by atoms with van der Waals surface area (Å²) >= 11 is 1.54. The van der Waals surface area contributed by atoms with Crippen molar-refractivity contribution in [2.24, 2.45) is 0 Å². The second kappa shape index (κ2) is 8.47. The van der Waals surface area contributed by atoms with Crippen LogP contribution in [0.1, 0.15) is 41.4 Å². The Morgan fingerprint density at radius 3 is 3.00 bits per heavy atom. The van der Waals surface area contributed by atoms with Crippen molar-refractivity contribution < 1.29 is 9.18 Å². The molecule has 2 fully saturated rings. The number of thioether (sulfide) groups is 1. The average molecular weight is 441 g/mol. The number of fused-ring (bicyclic) bond motifs is 1. The lowest BCUT2D eigenvalue weighted by Gasteiger charge is -2.26. The number of nitrogens with zero attached hydrogens (tertiary/aromatic N) is 4. The number of hydrogen-bond donors (Lipinski definition) is 2.